The molecule has 0 bridgehead atoms. The Morgan fingerprint density at radius 3 is 2.48 bits per heavy atom. The van der Waals surface area contributed by atoms with Gasteiger partial charge >= 0.3 is 0 Å². The van der Waals surface area contributed by atoms with E-state index in [0.29, 0.717) is 23.7 Å². The number of nitrogens with one attached hydrogen (secondary N) is 2. The molecule has 3 rings (SSSR count). The summed E-state index contributed by atoms with van der Waals surface area (Å²) >= 11 is 1.49. The summed E-state index contributed by atoms with van der Waals surface area (Å²) in [5, 5.41) is 9.07. The number of carbonyl (C=O) groups excluding carboxylic acids is 1. The molecule has 1 aromatic heterocycles. The number of rotatable bonds is 9. The van der Waals surface area contributed by atoms with Gasteiger partial charge in [0.1, 0.15) is 0 Å². The lowest BCUT2D eigenvalue weighted by Crippen LogP contribution is -2.17. The Kier molecular flexibility index (Phi) is 7.61. The van der Waals surface area contributed by atoms with Crippen molar-refractivity contribution >= 4 is 17.7 Å². The van der Waals surface area contributed by atoms with Crippen molar-refractivity contribution in [3.63, 3.8) is 0 Å². The number of thioether (sulfide) groups is 1. The largest absolute Gasteiger partial charge is 0.301 e. The highest BCUT2D eigenvalue weighted by atomic mass is 32.2. The van der Waals surface area contributed by atoms with E-state index in [1.54, 1.807) is 5.48 Å². The lowest BCUT2D eigenvalue weighted by atomic mass is 9.98. The van der Waals surface area contributed by atoms with E-state index >= 15 is 0 Å². The zero-order chi connectivity index (χ0) is 20.5. The number of aromatic nitrogens is 2. The third-order valence-electron chi connectivity index (χ3n) is 4.42. The lowest BCUT2D eigenvalue weighted by Gasteiger charge is -2.10. The van der Waals surface area contributed by atoms with Crippen LogP contribution in [0.5, 0.6) is 0 Å². The Hall–Kier alpha value is -2.90. The SMILES string of the molecule is O=C(CCCCCSc1nc(-c2ccccc2-c2ccccc2)cc(=O)[nH]1)NO. The molecular formula is C22H23N3O3S. The molecule has 0 aliphatic carbocycles. The third kappa shape index (κ3) is 6.04. The quantitative estimate of drug-likeness (QED) is 0.161. The van der Waals surface area contributed by atoms with E-state index in [0.717, 1.165) is 35.3 Å². The molecule has 0 saturated heterocycles. The van der Waals surface area contributed by atoms with E-state index in [9.17, 15) is 9.59 Å². The topological polar surface area (TPSA) is 95.1 Å². The van der Waals surface area contributed by atoms with Gasteiger partial charge in [0.25, 0.3) is 5.56 Å². The van der Waals surface area contributed by atoms with Gasteiger partial charge in [0, 0.05) is 23.8 Å². The van der Waals surface area contributed by atoms with E-state index in [4.69, 9.17) is 5.21 Å². The first kappa shape index (κ1) is 20.8. The fourth-order valence-electron chi connectivity index (χ4n) is 3.01. The summed E-state index contributed by atoms with van der Waals surface area (Å²) < 4.78 is 0. The molecular weight excluding hydrogens is 386 g/mol. The van der Waals surface area contributed by atoms with Crippen molar-refractivity contribution in [1.82, 2.24) is 15.4 Å². The molecule has 0 atom stereocenters. The molecule has 0 radical (unpaired) electrons. The number of hydrogen-bond acceptors (Lipinski definition) is 5. The number of nitrogens with zero attached hydrogens (tertiary/aromatic N) is 1. The number of hydroxylamine groups is 1. The maximum atomic E-state index is 12.2. The summed E-state index contributed by atoms with van der Waals surface area (Å²) in [4.78, 5) is 30.6. The van der Waals surface area contributed by atoms with Gasteiger partial charge in [-0.1, -0.05) is 72.8 Å². The molecule has 2 aromatic carbocycles. The molecule has 1 heterocycles. The van der Waals surface area contributed by atoms with Gasteiger partial charge in [-0.2, -0.15) is 0 Å². The summed E-state index contributed by atoms with van der Waals surface area (Å²) in [6, 6.07) is 19.5. The predicted octanol–water partition coefficient (Wildman–Crippen LogP) is 4.26. The minimum Gasteiger partial charge on any atom is -0.301 e. The minimum absolute atomic E-state index is 0.181. The highest BCUT2D eigenvalue weighted by molar-refractivity contribution is 7.99. The maximum absolute atomic E-state index is 12.2. The average Bonchev–Trinajstić information content (AvgIpc) is 2.76. The molecule has 0 fully saturated rings. The van der Waals surface area contributed by atoms with Crippen molar-refractivity contribution in [3.05, 3.63) is 71.0 Å². The number of unbranched alkanes of at least 4 members (excludes halogenated alkanes) is 2. The second-order valence-corrected chi connectivity index (χ2v) is 7.63. The molecule has 7 heteroatoms. The van der Waals surface area contributed by atoms with Crippen LogP contribution in [0.25, 0.3) is 22.4 Å². The Bertz CT molecular complexity index is 1010. The lowest BCUT2D eigenvalue weighted by molar-refractivity contribution is -0.129. The van der Waals surface area contributed by atoms with Gasteiger partial charge in [0.15, 0.2) is 5.16 Å². The average molecular weight is 410 g/mol. The molecule has 3 N–H and O–H groups in total. The van der Waals surface area contributed by atoms with Crippen LogP contribution in [-0.2, 0) is 4.79 Å². The van der Waals surface area contributed by atoms with Crippen LogP contribution in [0.15, 0.2) is 70.6 Å². The van der Waals surface area contributed by atoms with E-state index < -0.39 is 0 Å². The fourth-order valence-corrected chi connectivity index (χ4v) is 3.88. The van der Waals surface area contributed by atoms with Crippen LogP contribution < -0.4 is 11.0 Å². The van der Waals surface area contributed by atoms with Gasteiger partial charge in [-0.25, -0.2) is 10.5 Å². The number of H-pyrrole nitrogens is 1. The second kappa shape index (κ2) is 10.6. The van der Waals surface area contributed by atoms with Crippen LogP contribution in [0.1, 0.15) is 25.7 Å². The fraction of sp³-hybridized carbons (Fsp3) is 0.227. The van der Waals surface area contributed by atoms with Crippen LogP contribution in [0.3, 0.4) is 0 Å². The van der Waals surface area contributed by atoms with Gasteiger partial charge < -0.3 is 4.98 Å². The normalized spacial score (nSPS) is 10.7. The third-order valence-corrected chi connectivity index (χ3v) is 5.38. The number of carbonyl (C=O) groups is 1. The molecule has 0 spiro atoms. The molecule has 0 saturated carbocycles. The van der Waals surface area contributed by atoms with Crippen LogP contribution >= 0.6 is 11.8 Å². The van der Waals surface area contributed by atoms with Gasteiger partial charge in [-0.3, -0.25) is 14.8 Å². The maximum Gasteiger partial charge on any atom is 0.252 e. The van der Waals surface area contributed by atoms with Crippen LogP contribution in [0, 0.1) is 0 Å². The molecule has 1 amide bonds. The van der Waals surface area contributed by atoms with Gasteiger partial charge in [-0.15, -0.1) is 0 Å². The van der Waals surface area contributed by atoms with Crippen molar-refractivity contribution in [1.29, 1.82) is 0 Å². The molecule has 0 aliphatic heterocycles. The predicted molar refractivity (Wildman–Crippen MR) is 115 cm³/mol. The first-order valence-corrected chi connectivity index (χ1v) is 10.5. The van der Waals surface area contributed by atoms with Crippen LogP contribution in [-0.4, -0.2) is 26.8 Å². The van der Waals surface area contributed by atoms with Gasteiger partial charge in [0.05, 0.1) is 5.69 Å². The molecule has 0 unspecified atom stereocenters. The van der Waals surface area contributed by atoms with E-state index in [-0.39, 0.29) is 11.5 Å². The second-order valence-electron chi connectivity index (χ2n) is 6.54. The van der Waals surface area contributed by atoms with Crippen molar-refractivity contribution in [3.8, 4) is 22.4 Å². The number of aromatic amines is 1. The molecule has 150 valence electrons. The van der Waals surface area contributed by atoms with Crippen molar-refractivity contribution in [2.24, 2.45) is 0 Å². The molecule has 0 aliphatic rings. The zero-order valence-corrected chi connectivity index (χ0v) is 16.7. The Morgan fingerprint density at radius 2 is 1.72 bits per heavy atom. The number of benzene rings is 2. The van der Waals surface area contributed by atoms with Crippen LogP contribution in [0.4, 0.5) is 0 Å². The van der Waals surface area contributed by atoms with E-state index in [2.05, 4.69) is 9.97 Å². The number of amides is 1. The van der Waals surface area contributed by atoms with E-state index in [1.165, 1.54) is 17.8 Å². The van der Waals surface area contributed by atoms with Crippen molar-refractivity contribution < 1.29 is 10.0 Å². The van der Waals surface area contributed by atoms with Gasteiger partial charge in [0.2, 0.25) is 5.91 Å². The van der Waals surface area contributed by atoms with E-state index in [1.807, 2.05) is 54.6 Å². The minimum atomic E-state index is -0.367. The molecule has 29 heavy (non-hydrogen) atoms. The summed E-state index contributed by atoms with van der Waals surface area (Å²) in [5.41, 5.74) is 5.13. The number of hydrogen-bond donors (Lipinski definition) is 3. The monoisotopic (exact) mass is 409 g/mol. The first-order valence-electron chi connectivity index (χ1n) is 9.49. The van der Waals surface area contributed by atoms with Crippen LogP contribution in [0.2, 0.25) is 0 Å². The highest BCUT2D eigenvalue weighted by Gasteiger charge is 2.10. The summed E-state index contributed by atoms with van der Waals surface area (Å²) in [5.74, 6) is 0.418. The smallest absolute Gasteiger partial charge is 0.252 e. The van der Waals surface area contributed by atoms with Crippen molar-refractivity contribution in [2.45, 2.75) is 30.8 Å². The highest BCUT2D eigenvalue weighted by Crippen LogP contribution is 2.31. The molecule has 3 aromatic rings. The first-order chi connectivity index (χ1) is 14.2. The molecule has 6 nitrogen and oxygen atoms in total. The Labute approximate surface area is 173 Å². The summed E-state index contributed by atoms with van der Waals surface area (Å²) in [6.45, 7) is 0. The Morgan fingerprint density at radius 1 is 1.00 bits per heavy atom. The Balaban J connectivity index is 1.71. The van der Waals surface area contributed by atoms with Crippen molar-refractivity contribution in [2.75, 3.05) is 5.75 Å². The summed E-state index contributed by atoms with van der Waals surface area (Å²) in [7, 11) is 0. The zero-order valence-electron chi connectivity index (χ0n) is 15.9. The summed E-state index contributed by atoms with van der Waals surface area (Å²) in [6.07, 6.45) is 2.77. The standard InChI is InChI=1S/C22H23N3O3S/c26-20(25-28)13-5-2-8-14-29-22-23-19(15-21(27)24-22)18-12-7-6-11-17(18)16-9-3-1-4-10-16/h1,3-4,6-7,9-12,15,28H,2,5,8,13-14H2,(H,25,26)(H,23,24,27). The van der Waals surface area contributed by atoms with Gasteiger partial charge in [-0.05, 0) is 24.0 Å².